The lowest BCUT2D eigenvalue weighted by Crippen LogP contribution is -2.48. The summed E-state index contributed by atoms with van der Waals surface area (Å²) in [6.07, 6.45) is 4.24. The second-order valence-corrected chi connectivity index (χ2v) is 7.21. The Balaban J connectivity index is 1.44. The summed E-state index contributed by atoms with van der Waals surface area (Å²) in [7, 11) is 0. The molecule has 0 atom stereocenters. The molecule has 144 valence electrons. The van der Waals surface area contributed by atoms with Crippen molar-refractivity contribution in [2.24, 2.45) is 0 Å². The van der Waals surface area contributed by atoms with E-state index in [1.807, 2.05) is 17.0 Å². The van der Waals surface area contributed by atoms with Gasteiger partial charge in [-0.2, -0.15) is 0 Å². The zero-order valence-electron chi connectivity index (χ0n) is 16.0. The molecule has 6 nitrogen and oxygen atoms in total. The average Bonchev–Trinajstić information content (AvgIpc) is 2.74. The van der Waals surface area contributed by atoms with Crippen LogP contribution in [0.3, 0.4) is 0 Å². The molecule has 0 saturated carbocycles. The van der Waals surface area contributed by atoms with E-state index in [1.165, 1.54) is 5.56 Å². The molecule has 2 aromatic heterocycles. The summed E-state index contributed by atoms with van der Waals surface area (Å²) in [5.41, 5.74) is 3.48. The number of nitrogens with zero attached hydrogens (tertiary/aromatic N) is 3. The van der Waals surface area contributed by atoms with Gasteiger partial charge in [0.1, 0.15) is 0 Å². The molecule has 0 spiro atoms. The minimum atomic E-state index is -0.0365. The first kappa shape index (κ1) is 18.4. The quantitative estimate of drug-likeness (QED) is 0.759. The van der Waals surface area contributed by atoms with Crippen LogP contribution in [0, 0.1) is 0 Å². The highest BCUT2D eigenvalue weighted by molar-refractivity contribution is 5.93. The summed E-state index contributed by atoms with van der Waals surface area (Å²) in [6, 6.07) is 11.7. The van der Waals surface area contributed by atoms with Gasteiger partial charge in [0.25, 0.3) is 11.5 Å². The summed E-state index contributed by atoms with van der Waals surface area (Å²) >= 11 is 0. The van der Waals surface area contributed by atoms with Crippen molar-refractivity contribution in [3.63, 3.8) is 0 Å². The highest BCUT2D eigenvalue weighted by Crippen LogP contribution is 2.16. The number of fused-ring (bicyclic) bond motifs is 1. The first-order valence-electron chi connectivity index (χ1n) is 9.70. The first-order chi connectivity index (χ1) is 13.6. The lowest BCUT2D eigenvalue weighted by Gasteiger charge is -2.34. The Kier molecular flexibility index (Phi) is 5.21. The largest absolute Gasteiger partial charge is 0.336 e. The summed E-state index contributed by atoms with van der Waals surface area (Å²) < 4.78 is 0. The van der Waals surface area contributed by atoms with Crippen molar-refractivity contribution in [2.45, 2.75) is 19.9 Å². The molecular formula is C22H24N4O2. The van der Waals surface area contributed by atoms with Gasteiger partial charge in [-0.25, -0.2) is 0 Å². The van der Waals surface area contributed by atoms with Crippen LogP contribution in [0.15, 0.2) is 53.6 Å². The van der Waals surface area contributed by atoms with Crippen LogP contribution < -0.4 is 5.56 Å². The summed E-state index contributed by atoms with van der Waals surface area (Å²) in [6.45, 7) is 5.52. The molecule has 1 aliphatic rings. The Hall–Kier alpha value is -2.99. The second kappa shape index (κ2) is 7.94. The molecule has 1 aliphatic heterocycles. The molecule has 3 heterocycles. The minimum absolute atomic E-state index is 0.0170. The maximum Gasteiger partial charge on any atom is 0.255 e. The standard InChI is InChI=1S/C22H24N4O2/c1-2-16-5-6-20-18(12-16)13-19(21(27)24-20)15-25-8-10-26(11-9-25)22(28)17-4-3-7-23-14-17/h3-7,12-14H,2,8-11,15H2,1H3,(H,24,27). The van der Waals surface area contributed by atoms with Crippen molar-refractivity contribution in [2.75, 3.05) is 26.2 Å². The smallest absolute Gasteiger partial charge is 0.255 e. The number of pyridine rings is 2. The highest BCUT2D eigenvalue weighted by atomic mass is 16.2. The Morgan fingerprint density at radius 3 is 2.68 bits per heavy atom. The van der Waals surface area contributed by atoms with Gasteiger partial charge in [0.05, 0.1) is 5.56 Å². The second-order valence-electron chi connectivity index (χ2n) is 7.21. The van der Waals surface area contributed by atoms with Gasteiger partial charge >= 0.3 is 0 Å². The van der Waals surface area contributed by atoms with Gasteiger partial charge in [-0.15, -0.1) is 0 Å². The molecular weight excluding hydrogens is 352 g/mol. The van der Waals surface area contributed by atoms with Gasteiger partial charge in [-0.1, -0.05) is 13.0 Å². The van der Waals surface area contributed by atoms with E-state index in [2.05, 4.69) is 33.9 Å². The van der Waals surface area contributed by atoms with Crippen LogP contribution in [0.1, 0.15) is 28.4 Å². The van der Waals surface area contributed by atoms with Crippen LogP contribution in [-0.2, 0) is 13.0 Å². The fraction of sp³-hybridized carbons (Fsp3) is 0.318. The molecule has 1 amide bonds. The van der Waals surface area contributed by atoms with E-state index in [0.717, 1.165) is 36.0 Å². The Morgan fingerprint density at radius 2 is 1.96 bits per heavy atom. The Bertz CT molecular complexity index is 1040. The van der Waals surface area contributed by atoms with E-state index < -0.39 is 0 Å². The summed E-state index contributed by atoms with van der Waals surface area (Å²) in [5, 5.41) is 1.07. The van der Waals surface area contributed by atoms with E-state index in [1.54, 1.807) is 24.5 Å². The van der Waals surface area contributed by atoms with Crippen molar-refractivity contribution in [1.29, 1.82) is 0 Å². The van der Waals surface area contributed by atoms with E-state index in [0.29, 0.717) is 25.2 Å². The molecule has 0 unspecified atom stereocenters. The number of carbonyl (C=O) groups is 1. The van der Waals surface area contributed by atoms with E-state index in [4.69, 9.17) is 0 Å². The van der Waals surface area contributed by atoms with Gasteiger partial charge in [0, 0.05) is 56.2 Å². The predicted molar refractivity (Wildman–Crippen MR) is 109 cm³/mol. The zero-order valence-corrected chi connectivity index (χ0v) is 16.0. The molecule has 1 saturated heterocycles. The number of aromatic nitrogens is 2. The highest BCUT2D eigenvalue weighted by Gasteiger charge is 2.22. The van der Waals surface area contributed by atoms with Crippen LogP contribution in [0.5, 0.6) is 0 Å². The average molecular weight is 376 g/mol. The van der Waals surface area contributed by atoms with Crippen molar-refractivity contribution in [1.82, 2.24) is 19.8 Å². The van der Waals surface area contributed by atoms with Crippen molar-refractivity contribution < 1.29 is 4.79 Å². The van der Waals surface area contributed by atoms with Crippen LogP contribution in [-0.4, -0.2) is 51.9 Å². The number of carbonyl (C=O) groups excluding carboxylic acids is 1. The molecule has 1 fully saturated rings. The lowest BCUT2D eigenvalue weighted by atomic mass is 10.1. The predicted octanol–water partition coefficient (Wildman–Crippen LogP) is 2.44. The molecule has 0 radical (unpaired) electrons. The van der Waals surface area contributed by atoms with Gasteiger partial charge < -0.3 is 9.88 Å². The number of amides is 1. The van der Waals surface area contributed by atoms with Gasteiger partial charge in [-0.05, 0) is 47.7 Å². The summed E-state index contributed by atoms with van der Waals surface area (Å²) in [4.78, 5) is 36.1. The molecule has 3 aromatic rings. The first-order valence-corrected chi connectivity index (χ1v) is 9.70. The number of rotatable bonds is 4. The molecule has 1 N–H and O–H groups in total. The third-order valence-electron chi connectivity index (χ3n) is 5.36. The maximum atomic E-state index is 12.5. The number of aromatic amines is 1. The fourth-order valence-electron chi connectivity index (χ4n) is 3.66. The number of H-pyrrole nitrogens is 1. The fourth-order valence-corrected chi connectivity index (χ4v) is 3.66. The molecule has 6 heteroatoms. The maximum absolute atomic E-state index is 12.5. The van der Waals surface area contributed by atoms with Gasteiger partial charge in [0.15, 0.2) is 0 Å². The molecule has 0 bridgehead atoms. The molecule has 0 aliphatic carbocycles. The lowest BCUT2D eigenvalue weighted by molar-refractivity contribution is 0.0627. The third kappa shape index (κ3) is 3.82. The normalized spacial score (nSPS) is 15.1. The van der Waals surface area contributed by atoms with E-state index in [9.17, 15) is 9.59 Å². The van der Waals surface area contributed by atoms with Crippen molar-refractivity contribution in [3.05, 3.63) is 75.8 Å². The minimum Gasteiger partial charge on any atom is -0.336 e. The third-order valence-corrected chi connectivity index (χ3v) is 5.36. The monoisotopic (exact) mass is 376 g/mol. The Labute approximate surface area is 163 Å². The molecule has 1 aromatic carbocycles. The topological polar surface area (TPSA) is 69.3 Å². The molecule has 28 heavy (non-hydrogen) atoms. The van der Waals surface area contributed by atoms with Crippen LogP contribution in [0.4, 0.5) is 0 Å². The number of benzene rings is 1. The number of aryl methyl sites for hydroxylation is 1. The number of piperazine rings is 1. The van der Waals surface area contributed by atoms with Gasteiger partial charge in [-0.3, -0.25) is 19.5 Å². The van der Waals surface area contributed by atoms with Crippen LogP contribution in [0.2, 0.25) is 0 Å². The van der Waals surface area contributed by atoms with Crippen LogP contribution >= 0.6 is 0 Å². The van der Waals surface area contributed by atoms with Crippen molar-refractivity contribution >= 4 is 16.8 Å². The number of hydrogen-bond donors (Lipinski definition) is 1. The van der Waals surface area contributed by atoms with E-state index in [-0.39, 0.29) is 11.5 Å². The number of nitrogens with one attached hydrogen (secondary N) is 1. The number of hydrogen-bond acceptors (Lipinski definition) is 4. The van der Waals surface area contributed by atoms with Crippen LogP contribution in [0.25, 0.3) is 10.9 Å². The van der Waals surface area contributed by atoms with Gasteiger partial charge in [0.2, 0.25) is 0 Å². The zero-order chi connectivity index (χ0) is 19.5. The summed E-state index contributed by atoms with van der Waals surface area (Å²) in [5.74, 6) is 0.0170. The van der Waals surface area contributed by atoms with E-state index >= 15 is 0 Å². The SMILES string of the molecule is CCc1ccc2[nH]c(=O)c(CN3CCN(C(=O)c4cccnc4)CC3)cc2c1. The Morgan fingerprint density at radius 1 is 1.14 bits per heavy atom. The van der Waals surface area contributed by atoms with Crippen molar-refractivity contribution in [3.8, 4) is 0 Å². The molecule has 4 rings (SSSR count).